The molecular weight excluding hydrogens is 338 g/mol. The summed E-state index contributed by atoms with van der Waals surface area (Å²) >= 11 is 0. The number of ether oxygens (including phenoxy) is 1. The lowest BCUT2D eigenvalue weighted by Crippen LogP contribution is -2.26. The van der Waals surface area contributed by atoms with Crippen LogP contribution in [0.25, 0.3) is 0 Å². The second kappa shape index (κ2) is 9.56. The lowest BCUT2D eigenvalue weighted by Gasteiger charge is -2.09. The summed E-state index contributed by atoms with van der Waals surface area (Å²) in [5.41, 5.74) is 2.31. The molecule has 2 rings (SSSR count). The van der Waals surface area contributed by atoms with Gasteiger partial charge in [-0.25, -0.2) is 13.1 Å². The molecule has 2 aromatic rings. The minimum Gasteiger partial charge on any atom is -0.497 e. The third-order valence-electron chi connectivity index (χ3n) is 3.95. The van der Waals surface area contributed by atoms with Crippen molar-refractivity contribution in [3.05, 3.63) is 59.7 Å². The van der Waals surface area contributed by atoms with E-state index in [4.69, 9.17) is 9.84 Å². The average molecular weight is 363 g/mol. The number of nitrogens with one attached hydrogen (secondary N) is 1. The molecule has 0 radical (unpaired) electrons. The fraction of sp³-hybridized carbons (Fsp3) is 0.368. The number of hydrogen-bond acceptors (Lipinski definition) is 4. The highest BCUT2D eigenvalue weighted by molar-refractivity contribution is 7.89. The lowest BCUT2D eigenvalue weighted by atomic mass is 10.0. The predicted molar refractivity (Wildman–Crippen MR) is 98.4 cm³/mol. The Labute approximate surface area is 149 Å². The number of rotatable bonds is 10. The van der Waals surface area contributed by atoms with Gasteiger partial charge < -0.3 is 9.84 Å². The molecule has 5 nitrogen and oxygen atoms in total. The number of unbranched alkanes of at least 4 members (excludes halogenated alkanes) is 1. The number of benzene rings is 2. The molecule has 0 aromatic heterocycles. The summed E-state index contributed by atoms with van der Waals surface area (Å²) < 4.78 is 32.3. The Kier molecular flexibility index (Phi) is 7.43. The fourth-order valence-electron chi connectivity index (χ4n) is 2.49. The zero-order valence-corrected chi connectivity index (χ0v) is 15.3. The van der Waals surface area contributed by atoms with Gasteiger partial charge in [0.25, 0.3) is 0 Å². The maximum atomic E-state index is 12.3. The van der Waals surface area contributed by atoms with Crippen LogP contribution in [0.4, 0.5) is 0 Å². The molecular formula is C19H25NO4S. The maximum Gasteiger partial charge on any atom is 0.240 e. The molecule has 0 fully saturated rings. The van der Waals surface area contributed by atoms with E-state index >= 15 is 0 Å². The number of aliphatic hydroxyl groups is 1. The second-order valence-corrected chi connectivity index (χ2v) is 7.59. The minimum absolute atomic E-state index is 0.200. The van der Waals surface area contributed by atoms with Crippen LogP contribution in [0.3, 0.4) is 0 Å². The topological polar surface area (TPSA) is 75.6 Å². The molecule has 0 bridgehead atoms. The number of sulfonamides is 1. The van der Waals surface area contributed by atoms with Gasteiger partial charge in [-0.1, -0.05) is 30.3 Å². The first-order valence-corrected chi connectivity index (χ1v) is 9.86. The highest BCUT2D eigenvalue weighted by Crippen LogP contribution is 2.16. The molecule has 0 saturated carbocycles. The molecule has 6 heteroatoms. The predicted octanol–water partition coefficient (Wildman–Crippen LogP) is 2.53. The van der Waals surface area contributed by atoms with E-state index in [2.05, 4.69) is 16.9 Å². The summed E-state index contributed by atoms with van der Waals surface area (Å²) in [6.45, 7) is 0.564. The van der Waals surface area contributed by atoms with E-state index < -0.39 is 10.0 Å². The molecule has 0 heterocycles. The Morgan fingerprint density at radius 1 is 1.00 bits per heavy atom. The standard InChI is InChI=1S/C19H25NO4S/c1-24-18-6-4-7-19(15-18)25(22,23)20-13-12-17-10-8-16(9-11-17)5-2-3-14-21/h4,6-11,15,20-21H,2-3,5,12-14H2,1H3. The van der Waals surface area contributed by atoms with Crippen molar-refractivity contribution in [2.75, 3.05) is 20.3 Å². The van der Waals surface area contributed by atoms with Crippen molar-refractivity contribution < 1.29 is 18.3 Å². The zero-order chi connectivity index (χ0) is 18.1. The summed E-state index contributed by atoms with van der Waals surface area (Å²) in [4.78, 5) is 0.200. The second-order valence-electron chi connectivity index (χ2n) is 5.82. The number of methoxy groups -OCH3 is 1. The van der Waals surface area contributed by atoms with Gasteiger partial charge in [0.05, 0.1) is 12.0 Å². The Morgan fingerprint density at radius 2 is 1.68 bits per heavy atom. The molecule has 25 heavy (non-hydrogen) atoms. The molecule has 0 aliphatic carbocycles. The van der Waals surface area contributed by atoms with Crippen LogP contribution < -0.4 is 9.46 Å². The first kappa shape index (κ1) is 19.4. The zero-order valence-electron chi connectivity index (χ0n) is 14.4. The highest BCUT2D eigenvalue weighted by Gasteiger charge is 2.13. The van der Waals surface area contributed by atoms with E-state index in [1.165, 1.54) is 18.7 Å². The molecule has 0 aliphatic heterocycles. The van der Waals surface area contributed by atoms with E-state index in [1.54, 1.807) is 18.2 Å². The molecule has 136 valence electrons. The summed E-state index contributed by atoms with van der Waals surface area (Å²) in [5, 5.41) is 8.80. The molecule has 0 spiro atoms. The van der Waals surface area contributed by atoms with Gasteiger partial charge in [-0.3, -0.25) is 0 Å². The third-order valence-corrected chi connectivity index (χ3v) is 5.41. The molecule has 0 saturated heterocycles. The van der Waals surface area contributed by atoms with Crippen molar-refractivity contribution in [2.45, 2.75) is 30.6 Å². The van der Waals surface area contributed by atoms with Gasteiger partial charge in [-0.2, -0.15) is 0 Å². The average Bonchev–Trinajstić information content (AvgIpc) is 2.63. The van der Waals surface area contributed by atoms with Crippen molar-refractivity contribution in [3.8, 4) is 5.75 Å². The Morgan fingerprint density at radius 3 is 2.32 bits per heavy atom. The van der Waals surface area contributed by atoms with Crippen LogP contribution in [-0.4, -0.2) is 33.8 Å². The Bertz CT molecular complexity index is 757. The van der Waals surface area contributed by atoms with Crippen molar-refractivity contribution in [2.24, 2.45) is 0 Å². The monoisotopic (exact) mass is 363 g/mol. The van der Waals surface area contributed by atoms with E-state index in [0.717, 1.165) is 24.8 Å². The van der Waals surface area contributed by atoms with Gasteiger partial charge in [0, 0.05) is 19.2 Å². The smallest absolute Gasteiger partial charge is 0.240 e. The lowest BCUT2D eigenvalue weighted by molar-refractivity contribution is 0.284. The van der Waals surface area contributed by atoms with E-state index in [9.17, 15) is 8.42 Å². The quantitative estimate of drug-likeness (QED) is 0.636. The third kappa shape index (κ3) is 6.16. The van der Waals surface area contributed by atoms with Gasteiger partial charge in [0.2, 0.25) is 10.0 Å². The Balaban J connectivity index is 1.86. The number of aryl methyl sites for hydroxylation is 1. The Hall–Kier alpha value is -1.89. The van der Waals surface area contributed by atoms with Gasteiger partial charge in [-0.15, -0.1) is 0 Å². The van der Waals surface area contributed by atoms with Crippen molar-refractivity contribution >= 4 is 10.0 Å². The van der Waals surface area contributed by atoms with Gasteiger partial charge in [0.1, 0.15) is 5.75 Å². The summed E-state index contributed by atoms with van der Waals surface area (Å²) in [5.74, 6) is 0.514. The van der Waals surface area contributed by atoms with E-state index in [1.807, 2.05) is 12.1 Å². The van der Waals surface area contributed by atoms with E-state index in [-0.39, 0.29) is 11.5 Å². The van der Waals surface area contributed by atoms with Crippen molar-refractivity contribution in [1.82, 2.24) is 4.72 Å². The first-order valence-electron chi connectivity index (χ1n) is 8.37. The van der Waals surface area contributed by atoms with Crippen LogP contribution in [0.1, 0.15) is 24.0 Å². The van der Waals surface area contributed by atoms with Crippen molar-refractivity contribution in [3.63, 3.8) is 0 Å². The summed E-state index contributed by atoms with van der Waals surface area (Å²) in [6, 6.07) is 14.6. The summed E-state index contributed by atoms with van der Waals surface area (Å²) in [7, 11) is -2.03. The van der Waals surface area contributed by atoms with Crippen LogP contribution in [-0.2, 0) is 22.9 Å². The molecule has 2 aromatic carbocycles. The van der Waals surface area contributed by atoms with Crippen LogP contribution in [0.5, 0.6) is 5.75 Å². The first-order chi connectivity index (χ1) is 12.0. The molecule has 0 amide bonds. The number of aliphatic hydroxyl groups excluding tert-OH is 1. The van der Waals surface area contributed by atoms with Gasteiger partial charge >= 0.3 is 0 Å². The normalized spacial score (nSPS) is 11.4. The van der Waals surface area contributed by atoms with Crippen LogP contribution in [0.2, 0.25) is 0 Å². The SMILES string of the molecule is COc1cccc(S(=O)(=O)NCCc2ccc(CCCCO)cc2)c1. The van der Waals surface area contributed by atoms with Crippen LogP contribution in [0, 0.1) is 0 Å². The maximum absolute atomic E-state index is 12.3. The van der Waals surface area contributed by atoms with Crippen LogP contribution >= 0.6 is 0 Å². The van der Waals surface area contributed by atoms with Crippen LogP contribution in [0.15, 0.2) is 53.4 Å². The highest BCUT2D eigenvalue weighted by atomic mass is 32.2. The number of hydrogen-bond donors (Lipinski definition) is 2. The minimum atomic E-state index is -3.54. The molecule has 0 atom stereocenters. The molecule has 0 unspecified atom stereocenters. The molecule has 0 aliphatic rings. The van der Waals surface area contributed by atoms with Crippen molar-refractivity contribution in [1.29, 1.82) is 0 Å². The van der Waals surface area contributed by atoms with E-state index in [0.29, 0.717) is 18.7 Å². The van der Waals surface area contributed by atoms with Gasteiger partial charge in [0.15, 0.2) is 0 Å². The molecule has 2 N–H and O–H groups in total. The van der Waals surface area contributed by atoms with Gasteiger partial charge in [-0.05, 0) is 48.9 Å². The summed E-state index contributed by atoms with van der Waals surface area (Å²) in [6.07, 6.45) is 3.35. The fourth-order valence-corrected chi connectivity index (χ4v) is 3.56. The largest absolute Gasteiger partial charge is 0.497 e.